The van der Waals surface area contributed by atoms with E-state index < -0.39 is 0 Å². The predicted molar refractivity (Wildman–Crippen MR) is 61.6 cm³/mol. The molecule has 3 heteroatoms. The summed E-state index contributed by atoms with van der Waals surface area (Å²) < 4.78 is 1.04. The number of para-hydroxylation sites is 1. The summed E-state index contributed by atoms with van der Waals surface area (Å²) in [6.07, 6.45) is 5.17. The molecular weight excluding hydrogens is 240 g/mol. The molecule has 68 valence electrons. The second kappa shape index (κ2) is 3.69. The molecule has 0 amide bonds. The Balaban J connectivity index is 2.65. The maximum Gasteiger partial charge on any atom is 0.154 e. The molecular formula is C11H7BrN2. The van der Waals surface area contributed by atoms with Gasteiger partial charge in [-0.15, -0.1) is 0 Å². The van der Waals surface area contributed by atoms with Gasteiger partial charge in [0.25, 0.3) is 0 Å². The summed E-state index contributed by atoms with van der Waals surface area (Å²) in [6, 6.07) is 6.00. The molecule has 1 N–H and O–H groups in total. The molecule has 2 nitrogen and oxygen atoms in total. The SMILES string of the molecule is [C-]#[N+]/C=C\c1c[nH]c2c(Br)cccc12. The van der Waals surface area contributed by atoms with Crippen LogP contribution in [-0.4, -0.2) is 4.98 Å². The van der Waals surface area contributed by atoms with Crippen molar-refractivity contribution in [3.8, 4) is 0 Å². The summed E-state index contributed by atoms with van der Waals surface area (Å²) in [7, 11) is 0. The van der Waals surface area contributed by atoms with Gasteiger partial charge in [-0.05, 0) is 27.6 Å². The molecule has 0 fully saturated rings. The minimum atomic E-state index is 1.04. The van der Waals surface area contributed by atoms with Crippen molar-refractivity contribution in [3.05, 3.63) is 52.0 Å². The van der Waals surface area contributed by atoms with Crippen LogP contribution in [0.4, 0.5) is 0 Å². The highest BCUT2D eigenvalue weighted by Gasteiger charge is 2.02. The monoisotopic (exact) mass is 246 g/mol. The lowest BCUT2D eigenvalue weighted by atomic mass is 10.2. The number of hydrogen-bond donors (Lipinski definition) is 1. The maximum atomic E-state index is 6.67. The lowest BCUT2D eigenvalue weighted by molar-refractivity contribution is 1.46. The van der Waals surface area contributed by atoms with Crippen LogP contribution in [0.25, 0.3) is 21.8 Å². The lowest BCUT2D eigenvalue weighted by Gasteiger charge is -1.93. The fourth-order valence-electron chi connectivity index (χ4n) is 1.39. The Morgan fingerprint density at radius 3 is 3.07 bits per heavy atom. The first-order valence-electron chi connectivity index (χ1n) is 4.11. The summed E-state index contributed by atoms with van der Waals surface area (Å²) in [5.74, 6) is 0. The number of rotatable bonds is 1. The Bertz CT molecular complexity index is 532. The molecule has 0 spiro atoms. The average molecular weight is 247 g/mol. The van der Waals surface area contributed by atoms with Gasteiger partial charge >= 0.3 is 0 Å². The van der Waals surface area contributed by atoms with Crippen molar-refractivity contribution >= 4 is 32.9 Å². The summed E-state index contributed by atoms with van der Waals surface area (Å²) >= 11 is 3.46. The van der Waals surface area contributed by atoms with E-state index in [2.05, 4.69) is 25.8 Å². The van der Waals surface area contributed by atoms with Crippen LogP contribution in [-0.2, 0) is 0 Å². The van der Waals surface area contributed by atoms with Crippen LogP contribution in [0, 0.1) is 6.57 Å². The number of benzene rings is 1. The first kappa shape index (κ1) is 9.04. The van der Waals surface area contributed by atoms with Gasteiger partial charge in [-0.2, -0.15) is 0 Å². The molecule has 0 aliphatic carbocycles. The number of aromatic amines is 1. The van der Waals surface area contributed by atoms with Crippen molar-refractivity contribution in [2.45, 2.75) is 0 Å². The summed E-state index contributed by atoms with van der Waals surface area (Å²) in [6.45, 7) is 6.67. The normalized spacial score (nSPS) is 10.9. The van der Waals surface area contributed by atoms with Gasteiger partial charge in [-0.1, -0.05) is 18.2 Å². The molecule has 0 bridgehead atoms. The van der Waals surface area contributed by atoms with E-state index in [0.29, 0.717) is 0 Å². The van der Waals surface area contributed by atoms with Crippen molar-refractivity contribution in [2.75, 3.05) is 0 Å². The van der Waals surface area contributed by atoms with Gasteiger partial charge in [0, 0.05) is 16.1 Å². The number of H-pyrrole nitrogens is 1. The Labute approximate surface area is 90.2 Å². The molecule has 1 heterocycles. The van der Waals surface area contributed by atoms with E-state index >= 15 is 0 Å². The number of fused-ring (bicyclic) bond motifs is 1. The van der Waals surface area contributed by atoms with E-state index in [-0.39, 0.29) is 0 Å². The van der Waals surface area contributed by atoms with Crippen LogP contribution in [0.1, 0.15) is 5.56 Å². The summed E-state index contributed by atoms with van der Waals surface area (Å²) in [5, 5.41) is 1.12. The van der Waals surface area contributed by atoms with Crippen molar-refractivity contribution in [2.24, 2.45) is 0 Å². The molecule has 14 heavy (non-hydrogen) atoms. The molecule has 0 saturated heterocycles. The van der Waals surface area contributed by atoms with Gasteiger partial charge in [0.05, 0.1) is 12.1 Å². The maximum absolute atomic E-state index is 6.67. The van der Waals surface area contributed by atoms with Crippen molar-refractivity contribution in [3.63, 3.8) is 0 Å². The molecule has 0 unspecified atom stereocenters. The standard InChI is InChI=1S/C11H7BrN2/c1-13-6-5-8-7-14-11-9(8)3-2-4-10(11)12/h2-7,14H/b6-5-. The van der Waals surface area contributed by atoms with Crippen LogP contribution in [0.3, 0.4) is 0 Å². The van der Waals surface area contributed by atoms with E-state index in [1.165, 1.54) is 6.20 Å². The number of aromatic nitrogens is 1. The molecule has 0 aliphatic heterocycles. The minimum absolute atomic E-state index is 1.04. The molecule has 0 radical (unpaired) electrons. The highest BCUT2D eigenvalue weighted by Crippen LogP contribution is 2.26. The molecule has 0 saturated carbocycles. The Morgan fingerprint density at radius 2 is 2.29 bits per heavy atom. The lowest BCUT2D eigenvalue weighted by Crippen LogP contribution is -1.70. The third-order valence-corrected chi connectivity index (χ3v) is 2.69. The van der Waals surface area contributed by atoms with Crippen LogP contribution >= 0.6 is 15.9 Å². The van der Waals surface area contributed by atoms with Gasteiger partial charge in [-0.3, -0.25) is 0 Å². The van der Waals surface area contributed by atoms with Gasteiger partial charge in [0.15, 0.2) is 6.20 Å². The highest BCUT2D eigenvalue weighted by atomic mass is 79.9. The topological polar surface area (TPSA) is 20.1 Å². The molecule has 1 aromatic carbocycles. The predicted octanol–water partition coefficient (Wildman–Crippen LogP) is 3.82. The first-order chi connectivity index (χ1) is 6.83. The zero-order chi connectivity index (χ0) is 9.97. The Kier molecular flexibility index (Phi) is 2.38. The largest absolute Gasteiger partial charge is 0.360 e. The molecule has 0 atom stereocenters. The van der Waals surface area contributed by atoms with E-state index in [4.69, 9.17) is 6.57 Å². The van der Waals surface area contributed by atoms with Crippen LogP contribution in [0.15, 0.2) is 35.1 Å². The second-order valence-electron chi connectivity index (χ2n) is 2.85. The zero-order valence-corrected chi connectivity index (χ0v) is 8.88. The molecule has 0 aliphatic rings. The third-order valence-electron chi connectivity index (χ3n) is 2.03. The fraction of sp³-hybridized carbons (Fsp3) is 0. The van der Waals surface area contributed by atoms with E-state index in [0.717, 1.165) is 20.9 Å². The van der Waals surface area contributed by atoms with Gasteiger partial charge in [-0.25, -0.2) is 4.85 Å². The van der Waals surface area contributed by atoms with Gasteiger partial charge in [0.2, 0.25) is 0 Å². The van der Waals surface area contributed by atoms with Crippen LogP contribution in [0.5, 0.6) is 0 Å². The number of nitrogens with zero attached hydrogens (tertiary/aromatic N) is 1. The fourth-order valence-corrected chi connectivity index (χ4v) is 1.88. The molecule has 2 aromatic rings. The Morgan fingerprint density at radius 1 is 1.43 bits per heavy atom. The van der Waals surface area contributed by atoms with Crippen molar-refractivity contribution < 1.29 is 0 Å². The average Bonchev–Trinajstić information content (AvgIpc) is 2.60. The number of halogens is 1. The summed E-state index contributed by atoms with van der Waals surface area (Å²) in [4.78, 5) is 6.35. The molecule has 2 rings (SSSR count). The van der Waals surface area contributed by atoms with Crippen LogP contribution in [0.2, 0.25) is 0 Å². The van der Waals surface area contributed by atoms with E-state index in [9.17, 15) is 0 Å². The van der Waals surface area contributed by atoms with E-state index in [1.54, 1.807) is 6.08 Å². The minimum Gasteiger partial charge on any atom is -0.360 e. The molecule has 1 aromatic heterocycles. The van der Waals surface area contributed by atoms with E-state index in [1.807, 2.05) is 24.4 Å². The zero-order valence-electron chi connectivity index (χ0n) is 7.29. The third kappa shape index (κ3) is 1.45. The second-order valence-corrected chi connectivity index (χ2v) is 3.71. The van der Waals surface area contributed by atoms with Gasteiger partial charge < -0.3 is 4.98 Å². The smallest absolute Gasteiger partial charge is 0.154 e. The summed E-state index contributed by atoms with van der Waals surface area (Å²) in [5.41, 5.74) is 2.11. The Hall–Kier alpha value is -1.53. The van der Waals surface area contributed by atoms with Crippen molar-refractivity contribution in [1.29, 1.82) is 0 Å². The first-order valence-corrected chi connectivity index (χ1v) is 4.91. The quantitative estimate of drug-likeness (QED) is 0.739. The van der Waals surface area contributed by atoms with Crippen LogP contribution < -0.4 is 0 Å². The van der Waals surface area contributed by atoms with Gasteiger partial charge in [0.1, 0.15) is 0 Å². The number of nitrogens with one attached hydrogen (secondary N) is 1. The number of hydrogen-bond acceptors (Lipinski definition) is 0. The van der Waals surface area contributed by atoms with Crippen molar-refractivity contribution in [1.82, 2.24) is 4.98 Å². The highest BCUT2D eigenvalue weighted by molar-refractivity contribution is 9.10.